The zero-order chi connectivity index (χ0) is 36.2. The van der Waals surface area contributed by atoms with Gasteiger partial charge in [-0.2, -0.15) is 0 Å². The number of carbonyl (C=O) groups excluding carboxylic acids is 2. The summed E-state index contributed by atoms with van der Waals surface area (Å²) >= 11 is 0. The third-order valence-electron chi connectivity index (χ3n) is 10.2. The zero-order valence-corrected chi connectivity index (χ0v) is 31.6. The average molecular weight is 745 g/mol. The number of guanidine groups is 1. The van der Waals surface area contributed by atoms with E-state index >= 15 is 0 Å². The summed E-state index contributed by atoms with van der Waals surface area (Å²) in [7, 11) is 3.47. The van der Waals surface area contributed by atoms with Gasteiger partial charge in [0, 0.05) is 68.2 Å². The summed E-state index contributed by atoms with van der Waals surface area (Å²) in [5.41, 5.74) is 15.7. The van der Waals surface area contributed by atoms with Crippen LogP contribution in [0.1, 0.15) is 94.2 Å². The second-order valence-electron chi connectivity index (χ2n) is 14.3. The number of aryl methyl sites for hydroxylation is 1. The van der Waals surface area contributed by atoms with Crippen LogP contribution in [0.2, 0.25) is 0 Å². The lowest BCUT2D eigenvalue weighted by Crippen LogP contribution is -2.37. The van der Waals surface area contributed by atoms with Gasteiger partial charge in [-0.15, -0.1) is 0 Å². The number of nitrogens with one attached hydrogen (secondary N) is 2. The molecule has 0 spiro atoms. The minimum Gasteiger partial charge on any atom is -0.504 e. The summed E-state index contributed by atoms with van der Waals surface area (Å²) in [5, 5.41) is 28.8. The highest BCUT2D eigenvalue weighted by molar-refractivity contribution is 8.76. The Bertz CT molecular complexity index is 1470. The Kier molecular flexibility index (Phi) is 14.5. The number of ether oxygens (including phenoxy) is 2. The van der Waals surface area contributed by atoms with Crippen LogP contribution < -0.4 is 26.8 Å². The van der Waals surface area contributed by atoms with Gasteiger partial charge in [0.25, 0.3) is 0 Å². The van der Waals surface area contributed by atoms with E-state index in [4.69, 9.17) is 20.9 Å². The first-order valence-electron chi connectivity index (χ1n) is 18.4. The molecule has 4 aliphatic heterocycles. The number of allylic oxidation sites excluding steroid dienone is 2. The number of aliphatic hydroxyl groups is 1. The maximum absolute atomic E-state index is 13.8. The number of nitrogens with two attached hydrogens (primary N) is 2. The molecule has 0 aromatic heterocycles. The second kappa shape index (κ2) is 19.0. The normalized spacial score (nSPS) is 26.3. The molecule has 0 radical (unpaired) electrons. The standard InChI is InChI=1S/C37H56N6O6S2/c1-25(44)49-30-10-9-27-18-28(34(47)35-31(27)8-6-15-48-35)22-43-23-37(21-33(43)46,20-26-11-13-40-32(38)17-26)12-14-41-36(39)42-24-51-50-16-5-3-2-4-7-29(45)19-30/h11,17-18,29-30,40,45,47H,2-10,12-16,19-24,38H2,1H3,(H3,39,41,42)/t29-,30+,37-/m0/s1. The molecule has 14 heteroatoms. The van der Waals surface area contributed by atoms with Crippen LogP contribution in [0.4, 0.5) is 0 Å². The Morgan fingerprint density at radius 1 is 1.14 bits per heavy atom. The number of aromatic hydroxyl groups is 1. The third-order valence-corrected chi connectivity index (χ3v) is 12.3. The number of carbonyl (C=O) groups is 2. The Balaban J connectivity index is 1.40. The van der Waals surface area contributed by atoms with Gasteiger partial charge in [0.2, 0.25) is 5.91 Å². The largest absolute Gasteiger partial charge is 0.504 e. The van der Waals surface area contributed by atoms with E-state index < -0.39 is 12.2 Å². The molecule has 1 amide bonds. The van der Waals surface area contributed by atoms with Crippen LogP contribution in [0.3, 0.4) is 0 Å². The number of rotatable bonds is 3. The monoisotopic (exact) mass is 744 g/mol. The number of hydrogen-bond acceptors (Lipinski definition) is 13. The third kappa shape index (κ3) is 11.6. The van der Waals surface area contributed by atoms with Crippen molar-refractivity contribution in [2.45, 2.75) is 109 Å². The van der Waals surface area contributed by atoms with E-state index in [1.54, 1.807) is 21.6 Å². The van der Waals surface area contributed by atoms with Crippen LogP contribution in [-0.2, 0) is 33.7 Å². The van der Waals surface area contributed by atoms with Crippen LogP contribution in [0.5, 0.6) is 11.5 Å². The van der Waals surface area contributed by atoms with E-state index in [-0.39, 0.29) is 29.6 Å². The minimum atomic E-state index is -0.559. The Labute approximate surface area is 310 Å². The summed E-state index contributed by atoms with van der Waals surface area (Å²) in [4.78, 5) is 32.2. The number of phenolic OH excluding ortho intramolecular Hbond substituents is 1. The summed E-state index contributed by atoms with van der Waals surface area (Å²) in [6, 6.07) is 2.00. The van der Waals surface area contributed by atoms with Crippen molar-refractivity contribution in [2.75, 3.05) is 37.9 Å². The number of fused-ring (bicyclic) bond motifs is 6. The molecule has 0 saturated carbocycles. The fourth-order valence-corrected chi connectivity index (χ4v) is 9.46. The van der Waals surface area contributed by atoms with Crippen LogP contribution in [0.15, 0.2) is 34.6 Å². The Morgan fingerprint density at radius 3 is 2.80 bits per heavy atom. The molecule has 1 aromatic carbocycles. The molecule has 5 rings (SSSR count). The first-order chi connectivity index (χ1) is 24.6. The van der Waals surface area contributed by atoms with E-state index in [0.29, 0.717) is 100 Å². The number of hydrogen-bond donors (Lipinski definition) is 6. The molecule has 4 heterocycles. The number of dihydropyridines is 1. The summed E-state index contributed by atoms with van der Waals surface area (Å²) in [6.07, 6.45) is 12.7. The molecule has 282 valence electrons. The van der Waals surface area contributed by atoms with E-state index in [1.807, 2.05) is 17.0 Å². The number of phenols is 1. The highest BCUT2D eigenvalue weighted by Crippen LogP contribution is 2.44. The molecule has 4 aliphatic rings. The second-order valence-corrected chi connectivity index (χ2v) is 16.9. The number of esters is 1. The van der Waals surface area contributed by atoms with Gasteiger partial charge in [-0.05, 0) is 74.6 Å². The molecule has 8 N–H and O–H groups in total. The van der Waals surface area contributed by atoms with Gasteiger partial charge in [0.05, 0.1) is 24.4 Å². The summed E-state index contributed by atoms with van der Waals surface area (Å²) in [6.45, 7) is 3.88. The fourth-order valence-electron chi connectivity index (χ4n) is 7.66. The van der Waals surface area contributed by atoms with E-state index in [2.05, 4.69) is 21.7 Å². The Hall–Kier alpha value is -3.23. The van der Waals surface area contributed by atoms with Gasteiger partial charge in [-0.3, -0.25) is 9.59 Å². The van der Waals surface area contributed by atoms with Crippen molar-refractivity contribution >= 4 is 39.4 Å². The number of aliphatic hydroxyl groups excluding tert-OH is 1. The highest BCUT2D eigenvalue weighted by Gasteiger charge is 2.43. The van der Waals surface area contributed by atoms with Gasteiger partial charge in [0.1, 0.15) is 6.10 Å². The molecule has 3 atom stereocenters. The lowest BCUT2D eigenvalue weighted by molar-refractivity contribution is -0.148. The van der Waals surface area contributed by atoms with Crippen molar-refractivity contribution in [3.8, 4) is 11.5 Å². The first-order valence-corrected chi connectivity index (χ1v) is 20.9. The minimum absolute atomic E-state index is 0.0254. The Morgan fingerprint density at radius 2 is 1.98 bits per heavy atom. The maximum atomic E-state index is 13.8. The molecule has 12 nitrogen and oxygen atoms in total. The average Bonchev–Trinajstić information content (AvgIpc) is 3.39. The maximum Gasteiger partial charge on any atom is 0.302 e. The summed E-state index contributed by atoms with van der Waals surface area (Å²) in [5.74, 6) is 2.81. The van der Waals surface area contributed by atoms with E-state index in [0.717, 1.165) is 61.0 Å². The van der Waals surface area contributed by atoms with Crippen LogP contribution in [0, 0.1) is 5.41 Å². The zero-order valence-electron chi connectivity index (χ0n) is 29.9. The first kappa shape index (κ1) is 39.0. The molecule has 51 heavy (non-hydrogen) atoms. The van der Waals surface area contributed by atoms with Crippen molar-refractivity contribution in [3.05, 3.63) is 46.3 Å². The molecule has 0 aliphatic carbocycles. The van der Waals surface area contributed by atoms with Crippen LogP contribution >= 0.6 is 21.6 Å². The van der Waals surface area contributed by atoms with Gasteiger partial charge in [-0.1, -0.05) is 46.9 Å². The fraction of sp³-hybridized carbons (Fsp3) is 0.649. The SMILES string of the molecule is CC(=O)O[C@@H]1CCc2cc(c(O)c3c2CCCO3)CN2C[C@](CC3=CCNC(N)=C3)(CCNC(N)=NCSSCCCCCC[C@H](O)C1)CC2=O. The molecule has 4 bridgehead atoms. The number of amides is 1. The van der Waals surface area contributed by atoms with Crippen molar-refractivity contribution in [1.82, 2.24) is 15.5 Å². The van der Waals surface area contributed by atoms with Crippen molar-refractivity contribution in [3.63, 3.8) is 0 Å². The quantitative estimate of drug-likeness (QED) is 0.190. The number of aliphatic imine (C=N–C) groups is 1. The van der Waals surface area contributed by atoms with Gasteiger partial charge in [0.15, 0.2) is 17.5 Å². The number of benzene rings is 1. The molecule has 1 fully saturated rings. The molecular weight excluding hydrogens is 689 g/mol. The predicted molar refractivity (Wildman–Crippen MR) is 204 cm³/mol. The smallest absolute Gasteiger partial charge is 0.302 e. The number of nitrogens with zero attached hydrogens (tertiary/aromatic N) is 2. The molecule has 1 aromatic rings. The topological polar surface area (TPSA) is 185 Å². The van der Waals surface area contributed by atoms with Crippen LogP contribution in [-0.4, -0.2) is 83.0 Å². The van der Waals surface area contributed by atoms with Crippen molar-refractivity contribution < 1.29 is 29.3 Å². The molecular formula is C37H56N6O6S2. The predicted octanol–water partition coefficient (Wildman–Crippen LogP) is 4.37. The lowest BCUT2D eigenvalue weighted by atomic mass is 9.77. The molecule has 0 unspecified atom stereocenters. The van der Waals surface area contributed by atoms with Crippen molar-refractivity contribution in [1.29, 1.82) is 0 Å². The van der Waals surface area contributed by atoms with Crippen LogP contribution in [0.25, 0.3) is 0 Å². The highest BCUT2D eigenvalue weighted by atomic mass is 33.1. The lowest BCUT2D eigenvalue weighted by Gasteiger charge is -2.31. The summed E-state index contributed by atoms with van der Waals surface area (Å²) < 4.78 is 11.7. The van der Waals surface area contributed by atoms with Gasteiger partial charge >= 0.3 is 5.97 Å². The van der Waals surface area contributed by atoms with E-state index in [9.17, 15) is 19.8 Å². The van der Waals surface area contributed by atoms with Gasteiger partial charge < -0.3 is 46.7 Å². The van der Waals surface area contributed by atoms with Crippen molar-refractivity contribution in [2.24, 2.45) is 21.9 Å². The van der Waals surface area contributed by atoms with Gasteiger partial charge in [-0.25, -0.2) is 4.99 Å². The van der Waals surface area contributed by atoms with E-state index in [1.165, 1.54) is 6.92 Å². The molecule has 1 saturated heterocycles.